The van der Waals surface area contributed by atoms with Gasteiger partial charge in [-0.05, 0) is 49.4 Å². The average molecular weight is 325 g/mol. The fraction of sp³-hybridized carbons (Fsp3) is 0.625. The second kappa shape index (κ2) is 6.27. The summed E-state index contributed by atoms with van der Waals surface area (Å²) in [6.07, 6.45) is 1.26. The number of anilines is 1. The Morgan fingerprint density at radius 1 is 1.32 bits per heavy atom. The standard InChI is InChI=1S/C16H25BrN2/c1-11(2)7-15-10-19(6-5-18-15)16-12(3)8-14(17)9-13(16)4/h8-9,11,15,18H,5-7,10H2,1-4H3. The first-order valence-electron chi connectivity index (χ1n) is 7.22. The van der Waals surface area contributed by atoms with Crippen LogP contribution in [0, 0.1) is 19.8 Å². The SMILES string of the molecule is Cc1cc(Br)cc(C)c1N1CCNC(CC(C)C)C1. The van der Waals surface area contributed by atoms with Gasteiger partial charge in [-0.15, -0.1) is 0 Å². The summed E-state index contributed by atoms with van der Waals surface area (Å²) in [5.41, 5.74) is 4.17. The second-order valence-corrected chi connectivity index (χ2v) is 7.03. The van der Waals surface area contributed by atoms with Crippen molar-refractivity contribution in [3.05, 3.63) is 27.7 Å². The molecule has 1 unspecified atom stereocenters. The minimum atomic E-state index is 0.621. The number of halogens is 1. The van der Waals surface area contributed by atoms with E-state index >= 15 is 0 Å². The van der Waals surface area contributed by atoms with Crippen LogP contribution in [-0.2, 0) is 0 Å². The zero-order valence-electron chi connectivity index (χ0n) is 12.5. The number of hydrogen-bond acceptors (Lipinski definition) is 2. The lowest BCUT2D eigenvalue weighted by atomic mass is 10.00. The van der Waals surface area contributed by atoms with Gasteiger partial charge < -0.3 is 10.2 Å². The highest BCUT2D eigenvalue weighted by Gasteiger charge is 2.22. The summed E-state index contributed by atoms with van der Waals surface area (Å²) in [5, 5.41) is 3.65. The summed E-state index contributed by atoms with van der Waals surface area (Å²) in [7, 11) is 0. The van der Waals surface area contributed by atoms with E-state index in [9.17, 15) is 0 Å². The molecule has 0 aromatic heterocycles. The molecule has 0 aliphatic carbocycles. The molecule has 3 heteroatoms. The summed E-state index contributed by atoms with van der Waals surface area (Å²) in [4.78, 5) is 2.56. The molecule has 19 heavy (non-hydrogen) atoms. The Bertz CT molecular complexity index is 419. The van der Waals surface area contributed by atoms with Crippen molar-refractivity contribution in [2.24, 2.45) is 5.92 Å². The fourth-order valence-electron chi connectivity index (χ4n) is 3.16. The van der Waals surface area contributed by atoms with Crippen molar-refractivity contribution in [2.75, 3.05) is 24.5 Å². The smallest absolute Gasteiger partial charge is 0.0427 e. The maximum atomic E-state index is 3.65. The highest BCUT2D eigenvalue weighted by molar-refractivity contribution is 9.10. The van der Waals surface area contributed by atoms with Crippen LogP contribution in [-0.4, -0.2) is 25.7 Å². The number of nitrogens with zero attached hydrogens (tertiary/aromatic N) is 1. The van der Waals surface area contributed by atoms with E-state index in [1.807, 2.05) is 0 Å². The van der Waals surface area contributed by atoms with E-state index in [0.29, 0.717) is 6.04 Å². The van der Waals surface area contributed by atoms with Crippen LogP contribution in [0.2, 0.25) is 0 Å². The Labute approximate surface area is 125 Å². The lowest BCUT2D eigenvalue weighted by Gasteiger charge is -2.37. The molecule has 0 bridgehead atoms. The Balaban J connectivity index is 2.17. The van der Waals surface area contributed by atoms with Crippen LogP contribution in [0.3, 0.4) is 0 Å². The van der Waals surface area contributed by atoms with Crippen LogP contribution in [0.25, 0.3) is 0 Å². The molecule has 1 saturated heterocycles. The van der Waals surface area contributed by atoms with Crippen LogP contribution in [0.5, 0.6) is 0 Å². The quantitative estimate of drug-likeness (QED) is 0.907. The molecule has 1 heterocycles. The average Bonchev–Trinajstić information content (AvgIpc) is 2.26. The normalized spacial score (nSPS) is 20.1. The van der Waals surface area contributed by atoms with Gasteiger partial charge in [0.15, 0.2) is 0 Å². The first-order valence-corrected chi connectivity index (χ1v) is 8.01. The highest BCUT2D eigenvalue weighted by atomic mass is 79.9. The van der Waals surface area contributed by atoms with Gasteiger partial charge in [-0.2, -0.15) is 0 Å². The molecule has 1 N–H and O–H groups in total. The highest BCUT2D eigenvalue weighted by Crippen LogP contribution is 2.29. The minimum Gasteiger partial charge on any atom is -0.368 e. The largest absolute Gasteiger partial charge is 0.368 e. The minimum absolute atomic E-state index is 0.621. The monoisotopic (exact) mass is 324 g/mol. The van der Waals surface area contributed by atoms with Crippen LogP contribution < -0.4 is 10.2 Å². The number of hydrogen-bond donors (Lipinski definition) is 1. The van der Waals surface area contributed by atoms with Crippen LogP contribution in [0.1, 0.15) is 31.4 Å². The zero-order chi connectivity index (χ0) is 14.0. The number of benzene rings is 1. The zero-order valence-corrected chi connectivity index (χ0v) is 14.0. The van der Waals surface area contributed by atoms with Crippen molar-refractivity contribution < 1.29 is 0 Å². The third kappa shape index (κ3) is 3.73. The molecular weight excluding hydrogens is 300 g/mol. The molecule has 1 aliphatic heterocycles. The van der Waals surface area contributed by atoms with Crippen LogP contribution in [0.15, 0.2) is 16.6 Å². The van der Waals surface area contributed by atoms with Gasteiger partial charge in [0.1, 0.15) is 0 Å². The molecule has 0 saturated carbocycles. The number of piperazine rings is 1. The topological polar surface area (TPSA) is 15.3 Å². The summed E-state index contributed by atoms with van der Waals surface area (Å²) < 4.78 is 1.18. The Kier molecular flexibility index (Phi) is 4.91. The van der Waals surface area contributed by atoms with Crippen LogP contribution in [0.4, 0.5) is 5.69 Å². The van der Waals surface area contributed by atoms with Crippen molar-refractivity contribution in [3.63, 3.8) is 0 Å². The Morgan fingerprint density at radius 2 is 1.95 bits per heavy atom. The van der Waals surface area contributed by atoms with E-state index < -0.39 is 0 Å². The van der Waals surface area contributed by atoms with E-state index in [0.717, 1.165) is 25.6 Å². The van der Waals surface area contributed by atoms with Gasteiger partial charge in [0.25, 0.3) is 0 Å². The third-order valence-corrected chi connectivity index (χ3v) is 4.24. The van der Waals surface area contributed by atoms with E-state index in [4.69, 9.17) is 0 Å². The third-order valence-electron chi connectivity index (χ3n) is 3.78. The molecule has 1 aliphatic rings. The molecule has 2 nitrogen and oxygen atoms in total. The first kappa shape index (κ1) is 14.9. The number of nitrogens with one attached hydrogen (secondary N) is 1. The number of aryl methyl sites for hydroxylation is 2. The maximum Gasteiger partial charge on any atom is 0.0427 e. The van der Waals surface area contributed by atoms with Crippen molar-refractivity contribution >= 4 is 21.6 Å². The molecule has 1 aromatic carbocycles. The number of rotatable bonds is 3. The van der Waals surface area contributed by atoms with Crippen molar-refractivity contribution in [2.45, 2.75) is 40.2 Å². The molecule has 1 atom stereocenters. The molecule has 0 amide bonds. The molecule has 0 radical (unpaired) electrons. The van der Waals surface area contributed by atoms with Crippen molar-refractivity contribution in [1.82, 2.24) is 5.32 Å². The van der Waals surface area contributed by atoms with Crippen LogP contribution >= 0.6 is 15.9 Å². The predicted octanol–water partition coefficient (Wildman–Crippen LogP) is 3.89. The van der Waals surface area contributed by atoms with E-state index in [-0.39, 0.29) is 0 Å². The van der Waals surface area contributed by atoms with Gasteiger partial charge in [-0.1, -0.05) is 29.8 Å². The molecule has 0 spiro atoms. The van der Waals surface area contributed by atoms with E-state index in [1.165, 1.54) is 27.7 Å². The maximum absolute atomic E-state index is 3.65. The molecule has 106 valence electrons. The predicted molar refractivity (Wildman–Crippen MR) is 87.1 cm³/mol. The van der Waals surface area contributed by atoms with Gasteiger partial charge in [0.2, 0.25) is 0 Å². The fourth-order valence-corrected chi connectivity index (χ4v) is 3.84. The van der Waals surface area contributed by atoms with Gasteiger partial charge in [-0.3, -0.25) is 0 Å². The summed E-state index contributed by atoms with van der Waals surface area (Å²) in [6.45, 7) is 12.4. The van der Waals surface area contributed by atoms with Gasteiger partial charge in [-0.25, -0.2) is 0 Å². The summed E-state index contributed by atoms with van der Waals surface area (Å²) >= 11 is 3.58. The van der Waals surface area contributed by atoms with Crippen molar-refractivity contribution in [1.29, 1.82) is 0 Å². The lowest BCUT2D eigenvalue weighted by molar-refractivity contribution is 0.388. The molecule has 1 aromatic rings. The summed E-state index contributed by atoms with van der Waals surface area (Å²) in [6, 6.07) is 5.07. The first-order chi connectivity index (χ1) is 8.97. The van der Waals surface area contributed by atoms with E-state index in [2.05, 4.69) is 66.0 Å². The van der Waals surface area contributed by atoms with Gasteiger partial charge in [0, 0.05) is 35.8 Å². The van der Waals surface area contributed by atoms with Gasteiger partial charge >= 0.3 is 0 Å². The summed E-state index contributed by atoms with van der Waals surface area (Å²) in [5.74, 6) is 0.754. The van der Waals surface area contributed by atoms with Crippen molar-refractivity contribution in [3.8, 4) is 0 Å². The Morgan fingerprint density at radius 3 is 2.53 bits per heavy atom. The molecule has 1 fully saturated rings. The molecular formula is C16H25BrN2. The Hall–Kier alpha value is -0.540. The second-order valence-electron chi connectivity index (χ2n) is 6.11. The van der Waals surface area contributed by atoms with E-state index in [1.54, 1.807) is 0 Å². The lowest BCUT2D eigenvalue weighted by Crippen LogP contribution is -2.51. The molecule has 2 rings (SSSR count). The van der Waals surface area contributed by atoms with Gasteiger partial charge in [0.05, 0.1) is 0 Å².